The lowest BCUT2D eigenvalue weighted by molar-refractivity contribution is -0.103. The van der Waals surface area contributed by atoms with Crippen LogP contribution in [0.5, 0.6) is 0 Å². The van der Waals surface area contributed by atoms with Crippen LogP contribution in [0.4, 0.5) is 4.79 Å². The first-order valence-electron chi connectivity index (χ1n) is 6.83. The fourth-order valence-corrected chi connectivity index (χ4v) is 2.42. The Hall–Kier alpha value is -0.850. The van der Waals surface area contributed by atoms with Crippen LogP contribution in [0.25, 0.3) is 0 Å². The van der Waals surface area contributed by atoms with Gasteiger partial charge in [0.15, 0.2) is 0 Å². The summed E-state index contributed by atoms with van der Waals surface area (Å²) in [6.07, 6.45) is -0.296. The largest absolute Gasteiger partial charge is 0.444 e. The summed E-state index contributed by atoms with van der Waals surface area (Å²) in [7, 11) is 0. The zero-order valence-electron chi connectivity index (χ0n) is 12.0. The Balaban J connectivity index is 1.90. The molecule has 19 heavy (non-hydrogen) atoms. The van der Waals surface area contributed by atoms with Crippen molar-refractivity contribution < 1.29 is 19.4 Å². The summed E-state index contributed by atoms with van der Waals surface area (Å²) in [4.78, 5) is 15.9. The maximum atomic E-state index is 12.0. The molecular formula is C13H24N2O4. The molecule has 0 aromatic rings. The standard InChI is InChI=1S/C13H24N2O4/c1-13(2,3)19-12(17)14-4-5-15(10(6-14)7-16)11-8-18-9-11/h10-11,16H,4-9H2,1-3H3. The van der Waals surface area contributed by atoms with Crippen LogP contribution in [0, 0.1) is 0 Å². The molecule has 110 valence electrons. The molecule has 6 heteroatoms. The SMILES string of the molecule is CC(C)(C)OC(=O)N1CCN(C2COC2)C(CO)C1. The molecule has 0 aromatic carbocycles. The summed E-state index contributed by atoms with van der Waals surface area (Å²) in [5.74, 6) is 0. The highest BCUT2D eigenvalue weighted by Crippen LogP contribution is 2.20. The van der Waals surface area contributed by atoms with Gasteiger partial charge in [-0.1, -0.05) is 0 Å². The molecule has 2 heterocycles. The number of carbonyl (C=O) groups is 1. The van der Waals surface area contributed by atoms with E-state index in [4.69, 9.17) is 9.47 Å². The van der Waals surface area contributed by atoms with E-state index in [-0.39, 0.29) is 18.7 Å². The quantitative estimate of drug-likeness (QED) is 0.783. The molecule has 6 nitrogen and oxygen atoms in total. The minimum atomic E-state index is -0.481. The third-order valence-electron chi connectivity index (χ3n) is 3.48. The van der Waals surface area contributed by atoms with E-state index < -0.39 is 5.60 Å². The Kier molecular flexibility index (Phi) is 4.32. The van der Waals surface area contributed by atoms with E-state index in [0.29, 0.717) is 19.1 Å². The van der Waals surface area contributed by atoms with Gasteiger partial charge in [0.25, 0.3) is 0 Å². The predicted octanol–water partition coefficient (Wildman–Crippen LogP) is 0.299. The second-order valence-electron chi connectivity index (χ2n) is 6.19. The van der Waals surface area contributed by atoms with Crippen molar-refractivity contribution in [2.75, 3.05) is 39.5 Å². The number of hydrogen-bond acceptors (Lipinski definition) is 5. The van der Waals surface area contributed by atoms with Gasteiger partial charge in [0, 0.05) is 19.6 Å². The second kappa shape index (κ2) is 5.64. The van der Waals surface area contributed by atoms with Gasteiger partial charge in [0.05, 0.1) is 31.9 Å². The van der Waals surface area contributed by atoms with Crippen molar-refractivity contribution in [2.45, 2.75) is 38.5 Å². The molecule has 2 aliphatic rings. The van der Waals surface area contributed by atoms with Gasteiger partial charge in [0.1, 0.15) is 5.60 Å². The van der Waals surface area contributed by atoms with Crippen LogP contribution >= 0.6 is 0 Å². The molecule has 2 aliphatic heterocycles. The van der Waals surface area contributed by atoms with E-state index in [2.05, 4.69) is 4.90 Å². The Morgan fingerprint density at radius 1 is 1.37 bits per heavy atom. The third kappa shape index (κ3) is 3.58. The predicted molar refractivity (Wildman–Crippen MR) is 70.0 cm³/mol. The Bertz CT molecular complexity index is 325. The van der Waals surface area contributed by atoms with Crippen LogP contribution in [-0.4, -0.2) is 78.1 Å². The molecule has 0 spiro atoms. The number of piperazine rings is 1. The molecule has 2 fully saturated rings. The Morgan fingerprint density at radius 2 is 2.05 bits per heavy atom. The molecule has 1 N–H and O–H groups in total. The van der Waals surface area contributed by atoms with Crippen LogP contribution in [-0.2, 0) is 9.47 Å². The van der Waals surface area contributed by atoms with Gasteiger partial charge >= 0.3 is 6.09 Å². The highest BCUT2D eigenvalue weighted by Gasteiger charge is 2.37. The minimum absolute atomic E-state index is 0.0184. The number of ether oxygens (including phenoxy) is 2. The highest BCUT2D eigenvalue weighted by molar-refractivity contribution is 5.68. The first kappa shape index (κ1) is 14.6. The second-order valence-corrected chi connectivity index (χ2v) is 6.19. The van der Waals surface area contributed by atoms with Gasteiger partial charge in [-0.3, -0.25) is 4.90 Å². The number of amides is 1. The van der Waals surface area contributed by atoms with Crippen molar-refractivity contribution in [2.24, 2.45) is 0 Å². The molecule has 0 aromatic heterocycles. The summed E-state index contributed by atoms with van der Waals surface area (Å²) >= 11 is 0. The zero-order chi connectivity index (χ0) is 14.0. The molecule has 1 amide bonds. The van der Waals surface area contributed by atoms with Gasteiger partial charge in [-0.2, -0.15) is 0 Å². The van der Waals surface area contributed by atoms with E-state index in [1.54, 1.807) is 4.90 Å². The first-order chi connectivity index (χ1) is 8.90. The van der Waals surface area contributed by atoms with Crippen LogP contribution in [0.2, 0.25) is 0 Å². The highest BCUT2D eigenvalue weighted by atomic mass is 16.6. The molecule has 2 saturated heterocycles. The Morgan fingerprint density at radius 3 is 2.53 bits per heavy atom. The smallest absolute Gasteiger partial charge is 0.410 e. The fraction of sp³-hybridized carbons (Fsp3) is 0.923. The molecule has 1 atom stereocenters. The molecule has 0 bridgehead atoms. The monoisotopic (exact) mass is 272 g/mol. The lowest BCUT2D eigenvalue weighted by Crippen LogP contribution is -2.63. The van der Waals surface area contributed by atoms with Crippen molar-refractivity contribution in [3.8, 4) is 0 Å². The summed E-state index contributed by atoms with van der Waals surface area (Å²) in [6.45, 7) is 8.99. The minimum Gasteiger partial charge on any atom is -0.444 e. The number of hydrogen-bond donors (Lipinski definition) is 1. The number of nitrogens with zero attached hydrogens (tertiary/aromatic N) is 2. The van der Waals surface area contributed by atoms with Crippen LogP contribution in [0.15, 0.2) is 0 Å². The molecule has 0 aliphatic carbocycles. The fourth-order valence-electron chi connectivity index (χ4n) is 2.42. The van der Waals surface area contributed by atoms with Gasteiger partial charge in [-0.25, -0.2) is 4.79 Å². The van der Waals surface area contributed by atoms with Crippen molar-refractivity contribution in [3.05, 3.63) is 0 Å². The van der Waals surface area contributed by atoms with Crippen molar-refractivity contribution in [3.63, 3.8) is 0 Å². The maximum Gasteiger partial charge on any atom is 0.410 e. The van der Waals surface area contributed by atoms with Crippen LogP contribution in [0.3, 0.4) is 0 Å². The van der Waals surface area contributed by atoms with Gasteiger partial charge in [-0.15, -0.1) is 0 Å². The van der Waals surface area contributed by atoms with E-state index in [1.165, 1.54) is 0 Å². The van der Waals surface area contributed by atoms with Crippen molar-refractivity contribution in [1.82, 2.24) is 9.80 Å². The number of aliphatic hydroxyl groups is 1. The van der Waals surface area contributed by atoms with E-state index >= 15 is 0 Å². The third-order valence-corrected chi connectivity index (χ3v) is 3.48. The van der Waals surface area contributed by atoms with Gasteiger partial charge < -0.3 is 19.5 Å². The lowest BCUT2D eigenvalue weighted by Gasteiger charge is -2.47. The first-order valence-corrected chi connectivity index (χ1v) is 6.83. The van der Waals surface area contributed by atoms with E-state index in [1.807, 2.05) is 20.8 Å². The topological polar surface area (TPSA) is 62.2 Å². The number of rotatable bonds is 2. The molecule has 0 radical (unpaired) electrons. The summed E-state index contributed by atoms with van der Waals surface area (Å²) < 4.78 is 10.6. The van der Waals surface area contributed by atoms with Crippen molar-refractivity contribution >= 4 is 6.09 Å². The zero-order valence-corrected chi connectivity index (χ0v) is 12.0. The van der Waals surface area contributed by atoms with Gasteiger partial charge in [0.2, 0.25) is 0 Å². The van der Waals surface area contributed by atoms with E-state index in [9.17, 15) is 9.90 Å². The summed E-state index contributed by atoms with van der Waals surface area (Å²) in [6, 6.07) is 0.369. The lowest BCUT2D eigenvalue weighted by atomic mass is 10.1. The van der Waals surface area contributed by atoms with Crippen molar-refractivity contribution in [1.29, 1.82) is 0 Å². The molecule has 1 unspecified atom stereocenters. The summed E-state index contributed by atoms with van der Waals surface area (Å²) in [5.41, 5.74) is -0.481. The Labute approximate surface area is 114 Å². The van der Waals surface area contributed by atoms with Crippen LogP contribution in [0.1, 0.15) is 20.8 Å². The number of aliphatic hydroxyl groups excluding tert-OH is 1. The van der Waals surface area contributed by atoms with E-state index in [0.717, 1.165) is 19.8 Å². The van der Waals surface area contributed by atoms with Gasteiger partial charge in [-0.05, 0) is 20.8 Å². The van der Waals surface area contributed by atoms with Crippen LogP contribution < -0.4 is 0 Å². The average molecular weight is 272 g/mol. The summed E-state index contributed by atoms with van der Waals surface area (Å²) in [5, 5.41) is 9.50. The molecule has 0 saturated carbocycles. The molecular weight excluding hydrogens is 248 g/mol. The maximum absolute atomic E-state index is 12.0. The average Bonchev–Trinajstić information content (AvgIpc) is 2.24. The normalized spacial score (nSPS) is 26.1. The molecule has 2 rings (SSSR count). The number of carbonyl (C=O) groups excluding carboxylic acids is 1.